The molecular weight excluding hydrogens is 652 g/mol. The number of aryl methyl sites for hydroxylation is 1. The molecule has 2 aliphatic heterocycles. The molecule has 0 unspecified atom stereocenters. The summed E-state index contributed by atoms with van der Waals surface area (Å²) in [5, 5.41) is 22.8. The summed E-state index contributed by atoms with van der Waals surface area (Å²) in [5.74, 6) is -0.590. The van der Waals surface area contributed by atoms with Gasteiger partial charge in [-0.2, -0.15) is 0 Å². The number of pyridine rings is 1. The number of halogens is 1. The average molecular weight is 695 g/mol. The first-order chi connectivity index (χ1) is 24.1. The van der Waals surface area contributed by atoms with Crippen LogP contribution in [0.5, 0.6) is 5.75 Å². The van der Waals surface area contributed by atoms with Crippen molar-refractivity contribution in [2.75, 3.05) is 38.6 Å². The summed E-state index contributed by atoms with van der Waals surface area (Å²) in [4.78, 5) is 33.4. The molecule has 0 aliphatic carbocycles. The lowest BCUT2D eigenvalue weighted by atomic mass is 9.96. The number of methoxy groups -OCH3 is 1. The highest BCUT2D eigenvalue weighted by molar-refractivity contribution is 6.35. The number of anilines is 1. The van der Waals surface area contributed by atoms with Crippen molar-refractivity contribution in [1.82, 2.24) is 14.8 Å². The number of hydrogen-bond donors (Lipinski definition) is 3. The number of nitrogens with one attached hydrogen (secondary N) is 1. The number of rotatable bonds is 11. The van der Waals surface area contributed by atoms with Crippen molar-refractivity contribution in [1.29, 1.82) is 0 Å². The molecule has 2 fully saturated rings. The molecule has 0 spiro atoms. The van der Waals surface area contributed by atoms with Gasteiger partial charge in [0.25, 0.3) is 5.91 Å². The third-order valence-electron chi connectivity index (χ3n) is 9.74. The molecule has 9 nitrogen and oxygen atoms in total. The van der Waals surface area contributed by atoms with Gasteiger partial charge in [0.2, 0.25) is 0 Å². The van der Waals surface area contributed by atoms with Crippen LogP contribution in [0.2, 0.25) is 5.02 Å². The zero-order valence-electron chi connectivity index (χ0n) is 28.7. The third kappa shape index (κ3) is 8.08. The van der Waals surface area contributed by atoms with E-state index in [1.54, 1.807) is 19.4 Å². The second-order valence-corrected chi connectivity index (χ2v) is 13.7. The Bertz CT molecular complexity index is 1910. The fourth-order valence-corrected chi connectivity index (χ4v) is 7.15. The number of aliphatic hydroxyl groups is 1. The second kappa shape index (κ2) is 15.6. The number of β-amino-alcohol motifs (C(OH)–C–C–N with tert-alkyl or cyclic N) is 1. The molecule has 0 radical (unpaired) electrons. The summed E-state index contributed by atoms with van der Waals surface area (Å²) in [7, 11) is 1.65. The lowest BCUT2D eigenvalue weighted by molar-refractivity contribution is -0.141. The predicted octanol–water partition coefficient (Wildman–Crippen LogP) is 6.92. The minimum absolute atomic E-state index is 0.275. The topological polar surface area (TPSA) is 115 Å². The van der Waals surface area contributed by atoms with Crippen molar-refractivity contribution in [3.05, 3.63) is 111 Å². The van der Waals surface area contributed by atoms with E-state index in [0.29, 0.717) is 49.0 Å². The first kappa shape index (κ1) is 35.3. The fraction of sp³-hybridized carbons (Fsp3) is 0.325. The maximum atomic E-state index is 13.2. The second-order valence-electron chi connectivity index (χ2n) is 13.3. The number of aliphatic hydroxyl groups excluding tert-OH is 1. The summed E-state index contributed by atoms with van der Waals surface area (Å²) in [6, 6.07) is 19.5. The average Bonchev–Trinajstić information content (AvgIpc) is 3.75. The van der Waals surface area contributed by atoms with Crippen molar-refractivity contribution in [3.63, 3.8) is 0 Å². The molecule has 3 heterocycles. The molecule has 1 amide bonds. The first-order valence-corrected chi connectivity index (χ1v) is 17.3. The van der Waals surface area contributed by atoms with E-state index in [9.17, 15) is 19.8 Å². The van der Waals surface area contributed by atoms with Gasteiger partial charge in [-0.15, -0.1) is 0 Å². The number of carboxylic acids is 1. The number of aliphatic carboxylic acids is 1. The molecular formula is C40H43ClN4O5. The molecule has 2 aliphatic rings. The van der Waals surface area contributed by atoms with Crippen molar-refractivity contribution in [2.24, 2.45) is 5.92 Å². The van der Waals surface area contributed by atoms with Gasteiger partial charge in [0, 0.05) is 55.7 Å². The molecule has 2 saturated heterocycles. The van der Waals surface area contributed by atoms with E-state index < -0.39 is 5.97 Å². The Balaban J connectivity index is 1.16. The van der Waals surface area contributed by atoms with Gasteiger partial charge in [0.1, 0.15) is 11.4 Å². The van der Waals surface area contributed by atoms with Crippen LogP contribution in [0, 0.1) is 19.8 Å². The van der Waals surface area contributed by atoms with Crippen LogP contribution in [0.3, 0.4) is 0 Å². The number of amides is 1. The number of carbonyl (C=O) groups is 2. The van der Waals surface area contributed by atoms with E-state index in [0.717, 1.165) is 69.8 Å². The standard InChI is InChI=1S/C40H43ClN4O5/c1-25-18-31(23-45-16-14-30(22-45)40(48)49)37(50-3)19-29(25)12-11-28-6-4-8-34(38(28)41)33-7-5-9-35(26(33)2)43-39(47)36-13-10-27(20-42-36)21-44-17-15-32(46)24-44/h4-13,18-20,30,32,46H,14-17,21-24H2,1-3H3,(H,43,47)(H,48,49)/b12-11+/t30-,32-/m1/s1. The van der Waals surface area contributed by atoms with Crippen LogP contribution in [0.25, 0.3) is 23.3 Å². The molecule has 50 heavy (non-hydrogen) atoms. The van der Waals surface area contributed by atoms with Crippen molar-refractivity contribution >= 4 is 41.3 Å². The smallest absolute Gasteiger partial charge is 0.307 e. The molecule has 0 saturated carbocycles. The van der Waals surface area contributed by atoms with Crippen molar-refractivity contribution in [3.8, 4) is 16.9 Å². The maximum Gasteiger partial charge on any atom is 0.307 e. The number of aromatic nitrogens is 1. The van der Waals surface area contributed by atoms with E-state index >= 15 is 0 Å². The monoisotopic (exact) mass is 694 g/mol. The van der Waals surface area contributed by atoms with Gasteiger partial charge in [-0.1, -0.05) is 66.2 Å². The summed E-state index contributed by atoms with van der Waals surface area (Å²) >= 11 is 7.03. The predicted molar refractivity (Wildman–Crippen MR) is 197 cm³/mol. The Hall–Kier alpha value is -4.54. The van der Waals surface area contributed by atoms with Crippen molar-refractivity contribution in [2.45, 2.75) is 45.9 Å². The van der Waals surface area contributed by atoms with Crippen LogP contribution >= 0.6 is 11.6 Å². The lowest BCUT2D eigenvalue weighted by Gasteiger charge is -2.19. The molecule has 6 rings (SSSR count). The molecule has 3 N–H and O–H groups in total. The van der Waals surface area contributed by atoms with Crippen molar-refractivity contribution < 1.29 is 24.5 Å². The fourth-order valence-electron chi connectivity index (χ4n) is 6.86. The largest absolute Gasteiger partial charge is 0.496 e. The molecule has 10 heteroatoms. The van der Waals surface area contributed by atoms with Crippen LogP contribution in [-0.4, -0.2) is 76.3 Å². The number of ether oxygens (including phenoxy) is 1. The Kier molecular flexibility index (Phi) is 11.0. The van der Waals surface area contributed by atoms with E-state index in [2.05, 4.69) is 33.1 Å². The highest BCUT2D eigenvalue weighted by Gasteiger charge is 2.28. The Morgan fingerprint density at radius 3 is 2.40 bits per heavy atom. The van der Waals surface area contributed by atoms with Gasteiger partial charge in [-0.05, 0) is 84.8 Å². The Morgan fingerprint density at radius 1 is 0.960 bits per heavy atom. The summed E-state index contributed by atoms with van der Waals surface area (Å²) < 4.78 is 5.74. The summed E-state index contributed by atoms with van der Waals surface area (Å²) in [6.07, 6.45) is 6.91. The van der Waals surface area contributed by atoms with Gasteiger partial charge < -0.3 is 20.3 Å². The van der Waals surface area contributed by atoms with E-state index in [1.165, 1.54) is 0 Å². The van der Waals surface area contributed by atoms with Crippen LogP contribution in [0.15, 0.2) is 66.9 Å². The van der Waals surface area contributed by atoms with Gasteiger partial charge in [0.15, 0.2) is 0 Å². The molecule has 260 valence electrons. The normalized spacial score (nSPS) is 18.2. The van der Waals surface area contributed by atoms with E-state index in [4.69, 9.17) is 16.3 Å². The first-order valence-electron chi connectivity index (χ1n) is 17.0. The number of nitrogens with zero attached hydrogens (tertiary/aromatic N) is 3. The van der Waals surface area contributed by atoms with Gasteiger partial charge in [-0.25, -0.2) is 0 Å². The SMILES string of the molecule is COc1cc(/C=C/c2cccc(-c3cccc(NC(=O)c4ccc(CN5CC[C@@H](O)C5)cn4)c3C)c2Cl)c(C)cc1CN1CC[C@@H](C(=O)O)C1. The summed E-state index contributed by atoms with van der Waals surface area (Å²) in [5.41, 5.74) is 8.61. The highest BCUT2D eigenvalue weighted by atomic mass is 35.5. The Morgan fingerprint density at radius 2 is 1.70 bits per heavy atom. The number of hydrogen-bond acceptors (Lipinski definition) is 7. The third-order valence-corrected chi connectivity index (χ3v) is 10.2. The minimum Gasteiger partial charge on any atom is -0.496 e. The minimum atomic E-state index is -0.736. The zero-order valence-corrected chi connectivity index (χ0v) is 29.4. The number of carboxylic acid groups (broad SMARTS) is 1. The van der Waals surface area contributed by atoms with E-state index in [-0.39, 0.29) is 17.9 Å². The quantitative estimate of drug-likeness (QED) is 0.145. The lowest BCUT2D eigenvalue weighted by Crippen LogP contribution is -2.23. The number of likely N-dealkylation sites (tertiary alicyclic amines) is 2. The van der Waals surface area contributed by atoms with E-state index in [1.807, 2.05) is 67.6 Å². The van der Waals surface area contributed by atoms with Crippen LogP contribution < -0.4 is 10.1 Å². The molecule has 0 bridgehead atoms. The van der Waals surface area contributed by atoms with Gasteiger partial charge >= 0.3 is 5.97 Å². The molecule has 4 aromatic rings. The molecule has 1 aromatic heterocycles. The number of benzene rings is 3. The summed E-state index contributed by atoms with van der Waals surface area (Å²) in [6.45, 7) is 8.15. The molecule has 3 aromatic carbocycles. The van der Waals surface area contributed by atoms with Crippen LogP contribution in [-0.2, 0) is 17.9 Å². The zero-order chi connectivity index (χ0) is 35.4. The van der Waals surface area contributed by atoms with Crippen LogP contribution in [0.1, 0.15) is 56.7 Å². The molecule has 2 atom stereocenters. The maximum absolute atomic E-state index is 13.2. The highest BCUT2D eigenvalue weighted by Crippen LogP contribution is 2.36. The van der Waals surface area contributed by atoms with Crippen LogP contribution in [0.4, 0.5) is 5.69 Å². The number of carbonyl (C=O) groups excluding carboxylic acids is 1. The Labute approximate surface area is 298 Å². The van der Waals surface area contributed by atoms with Gasteiger partial charge in [0.05, 0.1) is 24.2 Å². The van der Waals surface area contributed by atoms with Gasteiger partial charge in [-0.3, -0.25) is 24.4 Å².